The van der Waals surface area contributed by atoms with Gasteiger partial charge in [-0.25, -0.2) is 0 Å². The van der Waals surface area contributed by atoms with Crippen LogP contribution in [-0.4, -0.2) is 27.5 Å². The van der Waals surface area contributed by atoms with Crippen LogP contribution in [0.2, 0.25) is 0 Å². The quantitative estimate of drug-likeness (QED) is 0.926. The Labute approximate surface area is 145 Å². The van der Waals surface area contributed by atoms with Gasteiger partial charge in [0.1, 0.15) is 11.6 Å². The van der Waals surface area contributed by atoms with E-state index in [9.17, 15) is 4.79 Å². The van der Waals surface area contributed by atoms with Crippen LogP contribution in [0.25, 0.3) is 0 Å². The second-order valence-corrected chi connectivity index (χ2v) is 7.50. The van der Waals surface area contributed by atoms with Crippen molar-refractivity contribution in [1.29, 1.82) is 0 Å². The molecule has 0 radical (unpaired) electrons. The highest BCUT2D eigenvalue weighted by molar-refractivity contribution is 8.00. The summed E-state index contributed by atoms with van der Waals surface area (Å²) in [5.41, 5.74) is 2.20. The molecule has 0 saturated heterocycles. The topological polar surface area (TPSA) is 56.2 Å². The first kappa shape index (κ1) is 15.6. The molecule has 1 aliphatic carbocycles. The first-order valence-electron chi connectivity index (χ1n) is 8.40. The molecule has 0 bridgehead atoms. The fourth-order valence-corrected chi connectivity index (χ4v) is 4.52. The van der Waals surface area contributed by atoms with Crippen molar-refractivity contribution in [3.8, 4) is 5.75 Å². The summed E-state index contributed by atoms with van der Waals surface area (Å²) < 4.78 is 7.87. The molecular formula is C18H21N3O2S. The molecule has 2 aliphatic rings. The third-order valence-corrected chi connectivity index (χ3v) is 5.94. The number of thioether (sulfide) groups is 1. The van der Waals surface area contributed by atoms with E-state index in [1.807, 2.05) is 25.4 Å². The standard InChI is InChI=1S/C18H21N3O2S/c1-21-18-15(10-19-21)17(24-11-16(22)20-18)12-5-4-8-14(9-12)23-13-6-2-3-7-13/h4-5,8-10,13,17H,2-3,6-7,11H2,1H3,(H,20,22)/t17-/m1/s1. The third-order valence-electron chi connectivity index (χ3n) is 4.65. The number of anilines is 1. The van der Waals surface area contributed by atoms with Gasteiger partial charge in [0.05, 0.1) is 23.3 Å². The monoisotopic (exact) mass is 343 g/mol. The Balaban J connectivity index is 1.64. The minimum Gasteiger partial charge on any atom is -0.490 e. The van der Waals surface area contributed by atoms with Crippen LogP contribution in [0.4, 0.5) is 5.82 Å². The highest BCUT2D eigenvalue weighted by Crippen LogP contribution is 2.42. The molecule has 0 unspecified atom stereocenters. The first-order chi connectivity index (χ1) is 11.7. The number of aryl methyl sites for hydroxylation is 1. The number of hydrogen-bond donors (Lipinski definition) is 1. The molecule has 1 atom stereocenters. The molecule has 1 aromatic heterocycles. The number of nitrogens with zero attached hydrogens (tertiary/aromatic N) is 2. The highest BCUT2D eigenvalue weighted by atomic mass is 32.2. The van der Waals surface area contributed by atoms with E-state index in [4.69, 9.17) is 4.74 Å². The molecule has 126 valence electrons. The number of benzene rings is 1. The molecule has 6 heteroatoms. The van der Waals surface area contributed by atoms with E-state index >= 15 is 0 Å². The van der Waals surface area contributed by atoms with Crippen molar-refractivity contribution in [3.05, 3.63) is 41.6 Å². The van der Waals surface area contributed by atoms with Gasteiger partial charge in [-0.15, -0.1) is 11.8 Å². The molecule has 1 saturated carbocycles. The number of hydrogen-bond acceptors (Lipinski definition) is 4. The molecule has 5 nitrogen and oxygen atoms in total. The van der Waals surface area contributed by atoms with Crippen molar-refractivity contribution in [2.75, 3.05) is 11.1 Å². The van der Waals surface area contributed by atoms with Crippen molar-refractivity contribution in [3.63, 3.8) is 0 Å². The lowest BCUT2D eigenvalue weighted by Gasteiger charge is -2.17. The van der Waals surface area contributed by atoms with E-state index in [1.165, 1.54) is 12.8 Å². The van der Waals surface area contributed by atoms with Gasteiger partial charge in [-0.1, -0.05) is 12.1 Å². The van der Waals surface area contributed by atoms with E-state index in [-0.39, 0.29) is 11.2 Å². The van der Waals surface area contributed by atoms with Gasteiger partial charge in [0.15, 0.2) is 0 Å². The summed E-state index contributed by atoms with van der Waals surface area (Å²) in [6.07, 6.45) is 7.01. The maximum atomic E-state index is 12.0. The lowest BCUT2D eigenvalue weighted by Crippen LogP contribution is -2.15. The summed E-state index contributed by atoms with van der Waals surface area (Å²) >= 11 is 1.63. The summed E-state index contributed by atoms with van der Waals surface area (Å²) in [4.78, 5) is 12.0. The number of aromatic nitrogens is 2. The zero-order valence-electron chi connectivity index (χ0n) is 13.7. The second kappa shape index (κ2) is 6.51. The summed E-state index contributed by atoms with van der Waals surface area (Å²) in [5, 5.41) is 7.35. The number of amides is 1. The number of carbonyl (C=O) groups is 1. The van der Waals surface area contributed by atoms with E-state index in [0.717, 1.165) is 35.5 Å². The van der Waals surface area contributed by atoms with Crippen LogP contribution in [0.1, 0.15) is 42.1 Å². The smallest absolute Gasteiger partial charge is 0.235 e. The Morgan fingerprint density at radius 2 is 2.17 bits per heavy atom. The van der Waals surface area contributed by atoms with Gasteiger partial charge in [0.2, 0.25) is 5.91 Å². The molecule has 4 rings (SSSR count). The summed E-state index contributed by atoms with van der Waals surface area (Å²) in [5.74, 6) is 2.17. The van der Waals surface area contributed by atoms with Crippen LogP contribution in [-0.2, 0) is 11.8 Å². The lowest BCUT2D eigenvalue weighted by atomic mass is 10.1. The summed E-state index contributed by atoms with van der Waals surface area (Å²) in [6, 6.07) is 8.28. The molecule has 1 aliphatic heterocycles. The molecular weight excluding hydrogens is 322 g/mol. The van der Waals surface area contributed by atoms with Gasteiger partial charge in [-0.3, -0.25) is 9.48 Å². The number of nitrogens with one attached hydrogen (secondary N) is 1. The van der Waals surface area contributed by atoms with Crippen LogP contribution in [0.15, 0.2) is 30.5 Å². The van der Waals surface area contributed by atoms with Crippen LogP contribution in [0.5, 0.6) is 5.75 Å². The zero-order chi connectivity index (χ0) is 16.5. The van der Waals surface area contributed by atoms with Gasteiger partial charge in [0, 0.05) is 12.6 Å². The largest absolute Gasteiger partial charge is 0.490 e. The Bertz CT molecular complexity index is 752. The van der Waals surface area contributed by atoms with E-state index in [2.05, 4.69) is 22.5 Å². The molecule has 1 N–H and O–H groups in total. The minimum atomic E-state index is 0.0192. The lowest BCUT2D eigenvalue weighted by molar-refractivity contribution is -0.113. The number of ether oxygens (including phenoxy) is 1. The molecule has 0 spiro atoms. The number of carbonyl (C=O) groups excluding carboxylic acids is 1. The molecule has 2 aromatic rings. The Morgan fingerprint density at radius 3 is 3.00 bits per heavy atom. The maximum Gasteiger partial charge on any atom is 0.235 e. The summed E-state index contributed by atoms with van der Waals surface area (Å²) in [6.45, 7) is 0. The second-order valence-electron chi connectivity index (χ2n) is 6.41. The van der Waals surface area contributed by atoms with Gasteiger partial charge in [0.25, 0.3) is 0 Å². The molecule has 24 heavy (non-hydrogen) atoms. The Morgan fingerprint density at radius 1 is 1.33 bits per heavy atom. The van der Waals surface area contributed by atoms with Crippen molar-refractivity contribution >= 4 is 23.5 Å². The molecule has 1 fully saturated rings. The van der Waals surface area contributed by atoms with Crippen LogP contribution >= 0.6 is 11.8 Å². The average molecular weight is 343 g/mol. The third kappa shape index (κ3) is 3.02. The molecule has 1 aromatic carbocycles. The van der Waals surface area contributed by atoms with Crippen LogP contribution in [0.3, 0.4) is 0 Å². The van der Waals surface area contributed by atoms with Crippen molar-refractivity contribution in [1.82, 2.24) is 9.78 Å². The SMILES string of the molecule is Cn1ncc2c1NC(=O)CS[C@@H]2c1cccc(OC2CCCC2)c1. The number of fused-ring (bicyclic) bond motifs is 1. The van der Waals surface area contributed by atoms with Gasteiger partial charge < -0.3 is 10.1 Å². The van der Waals surface area contributed by atoms with Crippen LogP contribution < -0.4 is 10.1 Å². The Kier molecular flexibility index (Phi) is 4.22. The van der Waals surface area contributed by atoms with E-state index in [0.29, 0.717) is 11.9 Å². The van der Waals surface area contributed by atoms with Crippen LogP contribution in [0, 0.1) is 0 Å². The van der Waals surface area contributed by atoms with E-state index in [1.54, 1.807) is 16.4 Å². The molecule has 1 amide bonds. The maximum absolute atomic E-state index is 12.0. The fourth-order valence-electron chi connectivity index (χ4n) is 3.44. The molecule has 2 heterocycles. The van der Waals surface area contributed by atoms with Gasteiger partial charge in [-0.05, 0) is 43.4 Å². The minimum absolute atomic E-state index is 0.0192. The highest BCUT2D eigenvalue weighted by Gasteiger charge is 2.27. The van der Waals surface area contributed by atoms with E-state index < -0.39 is 0 Å². The predicted octanol–water partition coefficient (Wildman–Crippen LogP) is 3.52. The zero-order valence-corrected chi connectivity index (χ0v) is 14.5. The average Bonchev–Trinajstić information content (AvgIpc) is 3.16. The normalized spacial score (nSPS) is 21.2. The van der Waals surface area contributed by atoms with Gasteiger partial charge in [-0.2, -0.15) is 5.10 Å². The predicted molar refractivity (Wildman–Crippen MR) is 95.5 cm³/mol. The summed E-state index contributed by atoms with van der Waals surface area (Å²) in [7, 11) is 1.85. The fraction of sp³-hybridized carbons (Fsp3) is 0.444. The van der Waals surface area contributed by atoms with Crippen molar-refractivity contribution in [2.45, 2.75) is 37.0 Å². The Hall–Kier alpha value is -1.95. The van der Waals surface area contributed by atoms with Crippen molar-refractivity contribution < 1.29 is 9.53 Å². The van der Waals surface area contributed by atoms with Gasteiger partial charge >= 0.3 is 0 Å². The first-order valence-corrected chi connectivity index (χ1v) is 9.45. The number of rotatable bonds is 3. The van der Waals surface area contributed by atoms with Crippen molar-refractivity contribution in [2.24, 2.45) is 7.05 Å².